The number of carbonyl (C=O) groups excluding carboxylic acids is 4. The smallest absolute Gasteiger partial charge is 0.325 e. The van der Waals surface area contributed by atoms with Crippen molar-refractivity contribution in [3.05, 3.63) is 0 Å². The third-order valence-electron chi connectivity index (χ3n) is 6.49. The van der Waals surface area contributed by atoms with Crippen LogP contribution < -0.4 is 10.6 Å². The number of amides is 5. The Labute approximate surface area is 166 Å². The number of piperidine rings is 1. The summed E-state index contributed by atoms with van der Waals surface area (Å²) in [6.07, 6.45) is 5.86. The quantitative estimate of drug-likeness (QED) is 0.688. The number of urea groups is 1. The number of rotatable bonds is 5. The molecule has 0 bridgehead atoms. The minimum atomic E-state index is -0.847. The van der Waals surface area contributed by atoms with E-state index >= 15 is 0 Å². The Balaban J connectivity index is 1.62. The SMILES string of the molecule is CCCNC(=O)C1CCCN(C(=O)CN2C(=O)NC3(CCCCC3C)C2=O)C1. The molecule has 2 aliphatic heterocycles. The summed E-state index contributed by atoms with van der Waals surface area (Å²) in [5, 5.41) is 5.77. The Hall–Kier alpha value is -2.12. The van der Waals surface area contributed by atoms with Gasteiger partial charge in [-0.15, -0.1) is 0 Å². The number of hydrogen-bond donors (Lipinski definition) is 2. The van der Waals surface area contributed by atoms with Crippen LogP contribution in [0, 0.1) is 11.8 Å². The highest BCUT2D eigenvalue weighted by molar-refractivity contribution is 6.09. The Bertz CT molecular complexity index is 652. The van der Waals surface area contributed by atoms with Crippen LogP contribution in [0.5, 0.6) is 0 Å². The van der Waals surface area contributed by atoms with E-state index < -0.39 is 11.6 Å². The molecule has 2 heterocycles. The van der Waals surface area contributed by atoms with Crippen molar-refractivity contribution in [1.29, 1.82) is 0 Å². The van der Waals surface area contributed by atoms with Crippen molar-refractivity contribution in [1.82, 2.24) is 20.4 Å². The second kappa shape index (κ2) is 8.49. The molecule has 0 aromatic carbocycles. The molecular formula is C20H32N4O4. The first kappa shape index (κ1) is 20.6. The zero-order valence-corrected chi connectivity index (χ0v) is 17.0. The summed E-state index contributed by atoms with van der Waals surface area (Å²) in [4.78, 5) is 53.2. The average Bonchev–Trinajstić information content (AvgIpc) is 2.93. The van der Waals surface area contributed by atoms with E-state index in [1.807, 2.05) is 13.8 Å². The lowest BCUT2D eigenvalue weighted by atomic mass is 9.73. The zero-order chi connectivity index (χ0) is 20.3. The van der Waals surface area contributed by atoms with Gasteiger partial charge in [-0.25, -0.2) is 4.79 Å². The zero-order valence-electron chi connectivity index (χ0n) is 17.0. The van der Waals surface area contributed by atoms with E-state index in [9.17, 15) is 19.2 Å². The number of imide groups is 1. The molecule has 3 rings (SSSR count). The molecule has 1 spiro atoms. The van der Waals surface area contributed by atoms with E-state index in [4.69, 9.17) is 0 Å². The topological polar surface area (TPSA) is 98.8 Å². The molecule has 8 nitrogen and oxygen atoms in total. The van der Waals surface area contributed by atoms with Crippen molar-refractivity contribution in [2.24, 2.45) is 11.8 Å². The summed E-state index contributed by atoms with van der Waals surface area (Å²) in [5.41, 5.74) is -0.847. The fraction of sp³-hybridized carbons (Fsp3) is 0.800. The van der Waals surface area contributed by atoms with Crippen molar-refractivity contribution >= 4 is 23.8 Å². The Morgan fingerprint density at radius 2 is 2.00 bits per heavy atom. The molecule has 5 amide bonds. The molecule has 1 saturated carbocycles. The molecule has 0 aromatic rings. The van der Waals surface area contributed by atoms with E-state index in [2.05, 4.69) is 10.6 Å². The maximum atomic E-state index is 13.0. The molecule has 3 aliphatic rings. The Morgan fingerprint density at radius 3 is 2.71 bits per heavy atom. The third-order valence-corrected chi connectivity index (χ3v) is 6.49. The van der Waals surface area contributed by atoms with E-state index in [1.165, 1.54) is 0 Å². The summed E-state index contributed by atoms with van der Waals surface area (Å²) < 4.78 is 0. The molecular weight excluding hydrogens is 360 g/mol. The highest BCUT2D eigenvalue weighted by Gasteiger charge is 2.55. The van der Waals surface area contributed by atoms with Gasteiger partial charge in [0.05, 0.1) is 5.92 Å². The van der Waals surface area contributed by atoms with Gasteiger partial charge in [0.25, 0.3) is 5.91 Å². The van der Waals surface area contributed by atoms with Gasteiger partial charge in [0.1, 0.15) is 12.1 Å². The molecule has 2 saturated heterocycles. The van der Waals surface area contributed by atoms with Crippen molar-refractivity contribution in [3.8, 4) is 0 Å². The van der Waals surface area contributed by atoms with Gasteiger partial charge < -0.3 is 15.5 Å². The lowest BCUT2D eigenvalue weighted by Gasteiger charge is -2.37. The van der Waals surface area contributed by atoms with Crippen LogP contribution in [0.3, 0.4) is 0 Å². The minimum absolute atomic E-state index is 0.0238. The Morgan fingerprint density at radius 1 is 1.21 bits per heavy atom. The van der Waals surface area contributed by atoms with Gasteiger partial charge in [0.2, 0.25) is 11.8 Å². The van der Waals surface area contributed by atoms with Crippen molar-refractivity contribution in [2.45, 2.75) is 64.3 Å². The molecule has 0 aromatic heterocycles. The monoisotopic (exact) mass is 392 g/mol. The van der Waals surface area contributed by atoms with Crippen molar-refractivity contribution in [3.63, 3.8) is 0 Å². The summed E-state index contributed by atoms with van der Waals surface area (Å²) in [5.74, 6) is -0.717. The summed E-state index contributed by atoms with van der Waals surface area (Å²) >= 11 is 0. The summed E-state index contributed by atoms with van der Waals surface area (Å²) in [6.45, 7) is 5.28. The number of nitrogens with one attached hydrogen (secondary N) is 2. The van der Waals surface area contributed by atoms with Gasteiger partial charge in [-0.3, -0.25) is 19.3 Å². The highest BCUT2D eigenvalue weighted by atomic mass is 16.2. The maximum absolute atomic E-state index is 13.0. The largest absolute Gasteiger partial charge is 0.356 e. The minimum Gasteiger partial charge on any atom is -0.356 e. The van der Waals surface area contributed by atoms with E-state index in [0.29, 0.717) is 26.1 Å². The first-order valence-electron chi connectivity index (χ1n) is 10.6. The highest BCUT2D eigenvalue weighted by Crippen LogP contribution is 2.38. The summed E-state index contributed by atoms with van der Waals surface area (Å²) in [7, 11) is 0. The lowest BCUT2D eigenvalue weighted by molar-refractivity contribution is -0.142. The van der Waals surface area contributed by atoms with Gasteiger partial charge in [-0.05, 0) is 38.0 Å². The molecule has 0 radical (unpaired) electrons. The standard InChI is InChI=1S/C20H32N4O4/c1-3-10-21-17(26)15-8-6-11-23(12-15)16(25)13-24-18(27)20(22-19(24)28)9-5-4-7-14(20)2/h14-15H,3-13H2,1-2H3,(H,21,26)(H,22,28). The Kier molecular flexibility index (Phi) is 6.25. The first-order chi connectivity index (χ1) is 13.4. The molecule has 2 N–H and O–H groups in total. The van der Waals surface area contributed by atoms with Gasteiger partial charge in [-0.1, -0.05) is 26.7 Å². The second-order valence-corrected chi connectivity index (χ2v) is 8.41. The fourth-order valence-corrected chi connectivity index (χ4v) is 4.68. The number of hydrogen-bond acceptors (Lipinski definition) is 4. The maximum Gasteiger partial charge on any atom is 0.325 e. The molecule has 28 heavy (non-hydrogen) atoms. The first-order valence-corrected chi connectivity index (χ1v) is 10.6. The molecule has 156 valence electrons. The predicted octanol–water partition coefficient (Wildman–Crippen LogP) is 1.25. The van der Waals surface area contributed by atoms with Crippen LogP contribution in [0.1, 0.15) is 58.8 Å². The third kappa shape index (κ3) is 3.86. The van der Waals surface area contributed by atoms with Gasteiger partial charge in [0, 0.05) is 19.6 Å². The molecule has 8 heteroatoms. The molecule has 3 fully saturated rings. The van der Waals surface area contributed by atoms with Gasteiger partial charge >= 0.3 is 6.03 Å². The van der Waals surface area contributed by atoms with Crippen LogP contribution in [-0.4, -0.2) is 65.3 Å². The van der Waals surface area contributed by atoms with Crippen molar-refractivity contribution in [2.75, 3.05) is 26.2 Å². The average molecular weight is 393 g/mol. The van der Waals surface area contributed by atoms with E-state index in [-0.39, 0.29) is 36.1 Å². The van der Waals surface area contributed by atoms with Crippen LogP contribution >= 0.6 is 0 Å². The predicted molar refractivity (Wildman–Crippen MR) is 103 cm³/mol. The normalized spacial score (nSPS) is 30.5. The van der Waals surface area contributed by atoms with E-state index in [1.54, 1.807) is 4.90 Å². The number of carbonyl (C=O) groups is 4. The van der Waals surface area contributed by atoms with Crippen LogP contribution in [-0.2, 0) is 14.4 Å². The van der Waals surface area contributed by atoms with E-state index in [0.717, 1.165) is 43.4 Å². The van der Waals surface area contributed by atoms with Crippen molar-refractivity contribution < 1.29 is 19.2 Å². The van der Waals surface area contributed by atoms with Gasteiger partial charge in [-0.2, -0.15) is 0 Å². The fourth-order valence-electron chi connectivity index (χ4n) is 4.68. The summed E-state index contributed by atoms with van der Waals surface area (Å²) in [6, 6.07) is -0.471. The van der Waals surface area contributed by atoms with Crippen LogP contribution in [0.25, 0.3) is 0 Å². The lowest BCUT2D eigenvalue weighted by Crippen LogP contribution is -2.54. The second-order valence-electron chi connectivity index (χ2n) is 8.41. The van der Waals surface area contributed by atoms with Crippen LogP contribution in [0.4, 0.5) is 4.79 Å². The molecule has 3 unspecified atom stereocenters. The molecule has 3 atom stereocenters. The molecule has 1 aliphatic carbocycles. The number of likely N-dealkylation sites (tertiary alicyclic amines) is 1. The number of nitrogens with zero attached hydrogens (tertiary/aromatic N) is 2. The van der Waals surface area contributed by atoms with Gasteiger partial charge in [0.15, 0.2) is 0 Å². The van der Waals surface area contributed by atoms with Crippen LogP contribution in [0.2, 0.25) is 0 Å². The van der Waals surface area contributed by atoms with Crippen LogP contribution in [0.15, 0.2) is 0 Å².